The average Bonchev–Trinajstić information content (AvgIpc) is 2.78. The van der Waals surface area contributed by atoms with Crippen molar-refractivity contribution in [2.75, 3.05) is 38.5 Å². The lowest BCUT2D eigenvalue weighted by Gasteiger charge is -2.08. The number of nitrogens with zero attached hydrogens (tertiary/aromatic N) is 3. The van der Waals surface area contributed by atoms with Gasteiger partial charge in [-0.05, 0) is 12.0 Å². The van der Waals surface area contributed by atoms with Crippen molar-refractivity contribution in [3.8, 4) is 0 Å². The molecule has 1 aromatic carbocycles. The number of azide groups is 1. The van der Waals surface area contributed by atoms with Gasteiger partial charge in [-0.15, -0.1) is 0 Å². The first-order valence-electron chi connectivity index (χ1n) is 9.22. The van der Waals surface area contributed by atoms with Crippen molar-refractivity contribution in [2.45, 2.75) is 6.42 Å². The lowest BCUT2D eigenvalue weighted by atomic mass is 10.2. The van der Waals surface area contributed by atoms with Crippen LogP contribution < -0.4 is 21.3 Å². The summed E-state index contributed by atoms with van der Waals surface area (Å²) in [6.07, 6.45) is 0.477. The number of rotatable bonds is 13. The van der Waals surface area contributed by atoms with Crippen molar-refractivity contribution in [1.82, 2.24) is 21.3 Å². The smallest absolute Gasteiger partial charge is 0.239 e. The fourth-order valence-electron chi connectivity index (χ4n) is 1.99. The van der Waals surface area contributed by atoms with Gasteiger partial charge in [0, 0.05) is 23.6 Å². The van der Waals surface area contributed by atoms with E-state index in [1.807, 2.05) is 0 Å². The summed E-state index contributed by atoms with van der Waals surface area (Å²) in [5, 5.41) is 12.6. The van der Waals surface area contributed by atoms with E-state index < -0.39 is 23.6 Å². The van der Waals surface area contributed by atoms with Crippen LogP contribution in [0.1, 0.15) is 16.8 Å². The molecular weight excluding hydrogens is 426 g/mol. The first-order valence-corrected chi connectivity index (χ1v) is 10.2. The maximum atomic E-state index is 11.9. The first kappa shape index (κ1) is 25.5. The molecule has 12 nitrogen and oxygen atoms in total. The van der Waals surface area contributed by atoms with Crippen LogP contribution in [-0.2, 0) is 19.2 Å². The van der Waals surface area contributed by atoms with Crippen LogP contribution in [0.15, 0.2) is 35.4 Å². The molecule has 4 N–H and O–H groups in total. The normalized spacial score (nSPS) is 9.68. The van der Waals surface area contributed by atoms with Crippen LogP contribution in [0.3, 0.4) is 0 Å². The molecule has 0 unspecified atom stereocenters. The third kappa shape index (κ3) is 12.6. The van der Waals surface area contributed by atoms with Gasteiger partial charge in [-0.3, -0.25) is 24.0 Å². The molecule has 1 aromatic rings. The van der Waals surface area contributed by atoms with Gasteiger partial charge in [-0.1, -0.05) is 47.2 Å². The van der Waals surface area contributed by atoms with Gasteiger partial charge < -0.3 is 21.3 Å². The molecule has 13 heteroatoms. The average molecular weight is 449 g/mol. The number of benzene rings is 1. The highest BCUT2D eigenvalue weighted by atomic mass is 32.2. The Morgan fingerprint density at radius 1 is 0.839 bits per heavy atom. The summed E-state index contributed by atoms with van der Waals surface area (Å²) >= 11 is 0.820. The second-order valence-electron chi connectivity index (χ2n) is 5.93. The molecule has 0 aromatic heterocycles. The zero-order valence-corrected chi connectivity index (χ0v) is 17.4. The van der Waals surface area contributed by atoms with Crippen LogP contribution in [0, 0.1) is 0 Å². The molecule has 4 amide bonds. The molecule has 31 heavy (non-hydrogen) atoms. The lowest BCUT2D eigenvalue weighted by molar-refractivity contribution is -0.128. The summed E-state index contributed by atoms with van der Waals surface area (Å²) < 4.78 is 0. The maximum absolute atomic E-state index is 11.9. The third-order valence-electron chi connectivity index (χ3n) is 3.50. The van der Waals surface area contributed by atoms with E-state index in [1.54, 1.807) is 30.3 Å². The quantitative estimate of drug-likeness (QED) is 0.139. The number of thioether (sulfide) groups is 1. The summed E-state index contributed by atoms with van der Waals surface area (Å²) in [6.45, 7) is -0.412. The Bertz CT molecular complexity index is 828. The summed E-state index contributed by atoms with van der Waals surface area (Å²) in [5.74, 6) is -2.22. The monoisotopic (exact) mass is 449 g/mol. The topological polar surface area (TPSA) is 182 Å². The van der Waals surface area contributed by atoms with Gasteiger partial charge in [0.05, 0.1) is 25.4 Å². The molecule has 1 rings (SSSR count). The fraction of sp³-hybridized carbons (Fsp3) is 0.389. The fourth-order valence-corrected chi connectivity index (χ4v) is 2.65. The Labute approximate surface area is 182 Å². The van der Waals surface area contributed by atoms with E-state index in [2.05, 4.69) is 31.3 Å². The number of carbonyl (C=O) groups excluding carboxylic acids is 5. The molecule has 0 aliphatic carbocycles. The van der Waals surface area contributed by atoms with Crippen molar-refractivity contribution in [2.24, 2.45) is 5.11 Å². The number of amides is 4. The molecule has 0 atom stereocenters. The maximum Gasteiger partial charge on any atom is 0.239 e. The van der Waals surface area contributed by atoms with Crippen molar-refractivity contribution in [3.05, 3.63) is 46.3 Å². The van der Waals surface area contributed by atoms with Crippen LogP contribution in [0.2, 0.25) is 0 Å². The predicted octanol–water partition coefficient (Wildman–Crippen LogP) is -0.275. The van der Waals surface area contributed by atoms with E-state index in [0.717, 1.165) is 11.8 Å². The minimum Gasteiger partial charge on any atom is -0.355 e. The number of hydrogen-bond acceptors (Lipinski definition) is 7. The molecule has 0 saturated heterocycles. The van der Waals surface area contributed by atoms with Gasteiger partial charge in [0.25, 0.3) is 0 Å². The third-order valence-corrected chi connectivity index (χ3v) is 4.41. The van der Waals surface area contributed by atoms with Gasteiger partial charge >= 0.3 is 0 Å². The van der Waals surface area contributed by atoms with Crippen molar-refractivity contribution in [1.29, 1.82) is 0 Å². The van der Waals surface area contributed by atoms with E-state index >= 15 is 0 Å². The number of nitrogens with one attached hydrogen (secondary N) is 4. The van der Waals surface area contributed by atoms with E-state index in [-0.39, 0.29) is 37.0 Å². The zero-order valence-electron chi connectivity index (χ0n) is 16.6. The molecule has 0 fully saturated rings. The number of carbonyl (C=O) groups is 5. The summed E-state index contributed by atoms with van der Waals surface area (Å²) in [5.41, 5.74) is 8.59. The van der Waals surface area contributed by atoms with Crippen molar-refractivity contribution in [3.63, 3.8) is 0 Å². The Morgan fingerprint density at radius 3 is 1.97 bits per heavy atom. The summed E-state index contributed by atoms with van der Waals surface area (Å²) in [4.78, 5) is 61.0. The Morgan fingerprint density at radius 2 is 1.39 bits per heavy atom. The minimum absolute atomic E-state index is 0.139. The molecule has 0 spiro atoms. The Balaban J connectivity index is 2.11. The van der Waals surface area contributed by atoms with Crippen LogP contribution >= 0.6 is 11.8 Å². The highest BCUT2D eigenvalue weighted by Crippen LogP contribution is 2.11. The van der Waals surface area contributed by atoms with Gasteiger partial charge in [0.2, 0.25) is 28.7 Å². The molecule has 0 heterocycles. The lowest BCUT2D eigenvalue weighted by Crippen LogP contribution is -2.44. The minimum atomic E-state index is -0.592. The standard InChI is InChI=1S/C18H23N7O5S/c19-25-24-8-4-7-20-14(26)9-21-15(27)10-22-16(28)11-23-17(29)12-31-18(30)13-5-2-1-3-6-13/h1-3,5-6H,4,7-12H2,(H,20,26)(H,21,27)(H,22,28)(H,23,29). The van der Waals surface area contributed by atoms with E-state index in [0.29, 0.717) is 18.5 Å². The van der Waals surface area contributed by atoms with Gasteiger partial charge in [0.15, 0.2) is 0 Å². The molecule has 0 saturated carbocycles. The largest absolute Gasteiger partial charge is 0.355 e. The second-order valence-corrected chi connectivity index (χ2v) is 6.88. The SMILES string of the molecule is [N-]=[N+]=NCCCNC(=O)CNC(=O)CNC(=O)CNC(=O)CSC(=O)c1ccccc1. The number of hydrogen-bond donors (Lipinski definition) is 4. The molecular formula is C18H23N7O5S. The second kappa shape index (κ2) is 15.3. The Kier molecular flexibility index (Phi) is 12.6. The van der Waals surface area contributed by atoms with Crippen molar-refractivity contribution < 1.29 is 24.0 Å². The highest BCUT2D eigenvalue weighted by Gasteiger charge is 2.12. The highest BCUT2D eigenvalue weighted by molar-refractivity contribution is 8.14. The van der Waals surface area contributed by atoms with Crippen molar-refractivity contribution >= 4 is 40.5 Å². The molecule has 0 bridgehead atoms. The summed E-state index contributed by atoms with van der Waals surface area (Å²) in [6, 6.07) is 8.49. The summed E-state index contributed by atoms with van der Waals surface area (Å²) in [7, 11) is 0. The first-order chi connectivity index (χ1) is 14.9. The van der Waals surface area contributed by atoms with Crippen LogP contribution in [-0.4, -0.2) is 67.2 Å². The molecule has 0 aliphatic rings. The van der Waals surface area contributed by atoms with Gasteiger partial charge in [0.1, 0.15) is 0 Å². The van der Waals surface area contributed by atoms with E-state index in [1.165, 1.54) is 0 Å². The Hall–Kier alpha value is -3.57. The van der Waals surface area contributed by atoms with Gasteiger partial charge in [-0.25, -0.2) is 0 Å². The van der Waals surface area contributed by atoms with E-state index in [4.69, 9.17) is 5.53 Å². The van der Waals surface area contributed by atoms with E-state index in [9.17, 15) is 24.0 Å². The van der Waals surface area contributed by atoms with Gasteiger partial charge in [-0.2, -0.15) is 0 Å². The zero-order chi connectivity index (χ0) is 22.9. The van der Waals surface area contributed by atoms with Crippen LogP contribution in [0.4, 0.5) is 0 Å². The van der Waals surface area contributed by atoms with Crippen LogP contribution in [0.5, 0.6) is 0 Å². The molecule has 0 radical (unpaired) electrons. The van der Waals surface area contributed by atoms with Crippen LogP contribution in [0.25, 0.3) is 10.4 Å². The molecule has 166 valence electrons. The predicted molar refractivity (Wildman–Crippen MR) is 114 cm³/mol. The molecule has 0 aliphatic heterocycles.